The minimum absolute atomic E-state index is 0.144. The third-order valence-electron chi connectivity index (χ3n) is 4.19. The summed E-state index contributed by atoms with van der Waals surface area (Å²) in [6, 6.07) is 20.7. The summed E-state index contributed by atoms with van der Waals surface area (Å²) in [5.41, 5.74) is 3.12. The van der Waals surface area contributed by atoms with Crippen LogP contribution in [0.1, 0.15) is 10.4 Å². The predicted octanol–water partition coefficient (Wildman–Crippen LogP) is 5.09. The predicted molar refractivity (Wildman–Crippen MR) is 109 cm³/mol. The highest BCUT2D eigenvalue weighted by molar-refractivity contribution is 9.10. The first-order valence-corrected chi connectivity index (χ1v) is 9.24. The molecule has 0 bridgehead atoms. The number of amides is 1. The van der Waals surface area contributed by atoms with Crippen LogP contribution in [0, 0.1) is 5.82 Å². The summed E-state index contributed by atoms with van der Waals surface area (Å²) in [4.78, 5) is 12.4. The van der Waals surface area contributed by atoms with Crippen molar-refractivity contribution in [3.8, 4) is 16.9 Å². The number of anilines is 1. The fourth-order valence-electron chi connectivity index (χ4n) is 2.75. The van der Waals surface area contributed by atoms with Crippen LogP contribution in [0.3, 0.4) is 0 Å². The van der Waals surface area contributed by atoms with Crippen LogP contribution >= 0.6 is 15.9 Å². The molecule has 1 amide bonds. The maximum absolute atomic E-state index is 13.7. The van der Waals surface area contributed by atoms with Crippen LogP contribution in [-0.4, -0.2) is 20.9 Å². The highest BCUT2D eigenvalue weighted by Gasteiger charge is 2.12. The standard InChI is InChI=1S/C21H14BrFN4O/c22-16-9-5-14(6-10-16)20-13-24-26-27(20)17-11-7-15(8-12-17)21(28)25-19-4-2-1-3-18(19)23/h1-13H,(H,25,28). The van der Waals surface area contributed by atoms with Gasteiger partial charge in [-0.1, -0.05) is 45.4 Å². The van der Waals surface area contributed by atoms with Crippen LogP contribution in [-0.2, 0) is 0 Å². The Morgan fingerprint density at radius 1 is 0.964 bits per heavy atom. The molecule has 0 fully saturated rings. The van der Waals surface area contributed by atoms with E-state index < -0.39 is 5.82 Å². The Balaban J connectivity index is 1.58. The molecule has 0 spiro atoms. The van der Waals surface area contributed by atoms with Gasteiger partial charge < -0.3 is 5.32 Å². The fraction of sp³-hybridized carbons (Fsp3) is 0. The van der Waals surface area contributed by atoms with Crippen LogP contribution in [0.15, 0.2) is 83.5 Å². The molecule has 1 N–H and O–H groups in total. The molecule has 0 aliphatic carbocycles. The van der Waals surface area contributed by atoms with E-state index in [1.807, 2.05) is 24.3 Å². The molecule has 0 saturated carbocycles. The van der Waals surface area contributed by atoms with E-state index in [9.17, 15) is 9.18 Å². The van der Waals surface area contributed by atoms with Crippen LogP contribution in [0.2, 0.25) is 0 Å². The Morgan fingerprint density at radius 2 is 1.68 bits per heavy atom. The van der Waals surface area contributed by atoms with Crippen LogP contribution in [0.4, 0.5) is 10.1 Å². The molecule has 1 aromatic heterocycles. The number of carbonyl (C=O) groups is 1. The summed E-state index contributed by atoms with van der Waals surface area (Å²) in [5, 5.41) is 10.7. The molecule has 7 heteroatoms. The van der Waals surface area contributed by atoms with E-state index in [1.165, 1.54) is 12.1 Å². The molecule has 3 aromatic carbocycles. The highest BCUT2D eigenvalue weighted by atomic mass is 79.9. The van der Waals surface area contributed by atoms with Crippen molar-refractivity contribution in [2.45, 2.75) is 0 Å². The van der Waals surface area contributed by atoms with Crippen LogP contribution in [0.5, 0.6) is 0 Å². The minimum atomic E-state index is -0.478. The summed E-state index contributed by atoms with van der Waals surface area (Å²) in [6.45, 7) is 0. The maximum Gasteiger partial charge on any atom is 0.255 e. The molecule has 0 aliphatic rings. The second-order valence-electron chi connectivity index (χ2n) is 6.02. The van der Waals surface area contributed by atoms with Gasteiger partial charge in [0.15, 0.2) is 0 Å². The van der Waals surface area contributed by atoms with Gasteiger partial charge >= 0.3 is 0 Å². The van der Waals surface area contributed by atoms with E-state index in [2.05, 4.69) is 31.6 Å². The molecular weight excluding hydrogens is 423 g/mol. The second-order valence-corrected chi connectivity index (χ2v) is 6.93. The number of hydrogen-bond donors (Lipinski definition) is 1. The van der Waals surface area contributed by atoms with Crippen LogP contribution in [0.25, 0.3) is 16.9 Å². The van der Waals surface area contributed by atoms with Crippen molar-refractivity contribution in [3.63, 3.8) is 0 Å². The number of nitrogens with zero attached hydrogens (tertiary/aromatic N) is 3. The van der Waals surface area contributed by atoms with Crippen molar-refractivity contribution in [1.82, 2.24) is 15.0 Å². The summed E-state index contributed by atoms with van der Waals surface area (Å²) in [6.07, 6.45) is 1.68. The second kappa shape index (κ2) is 7.74. The lowest BCUT2D eigenvalue weighted by Crippen LogP contribution is -2.13. The van der Waals surface area contributed by atoms with Crippen molar-refractivity contribution in [2.24, 2.45) is 0 Å². The lowest BCUT2D eigenvalue weighted by Gasteiger charge is -2.09. The van der Waals surface area contributed by atoms with Gasteiger partial charge in [0.25, 0.3) is 5.91 Å². The third-order valence-corrected chi connectivity index (χ3v) is 4.71. The Hall–Kier alpha value is -3.32. The summed E-state index contributed by atoms with van der Waals surface area (Å²) < 4.78 is 16.4. The van der Waals surface area contributed by atoms with Crippen molar-refractivity contribution in [2.75, 3.05) is 5.32 Å². The number of nitrogens with one attached hydrogen (secondary N) is 1. The van der Waals surface area contributed by atoms with E-state index in [0.29, 0.717) is 5.56 Å². The number of hydrogen-bond acceptors (Lipinski definition) is 3. The quantitative estimate of drug-likeness (QED) is 0.484. The lowest BCUT2D eigenvalue weighted by molar-refractivity contribution is 0.102. The smallest absolute Gasteiger partial charge is 0.255 e. The van der Waals surface area contributed by atoms with E-state index >= 15 is 0 Å². The van der Waals surface area contributed by atoms with Crippen LogP contribution < -0.4 is 5.32 Å². The molecule has 0 saturated heterocycles. The summed E-state index contributed by atoms with van der Waals surface area (Å²) >= 11 is 3.42. The summed E-state index contributed by atoms with van der Waals surface area (Å²) in [7, 11) is 0. The first-order chi connectivity index (χ1) is 13.6. The van der Waals surface area contributed by atoms with E-state index in [4.69, 9.17) is 0 Å². The Labute approximate surface area is 169 Å². The average Bonchev–Trinajstić information content (AvgIpc) is 3.20. The fourth-order valence-corrected chi connectivity index (χ4v) is 3.02. The van der Waals surface area contributed by atoms with E-state index in [0.717, 1.165) is 21.4 Å². The number of aromatic nitrogens is 3. The van der Waals surface area contributed by atoms with Gasteiger partial charge in [0, 0.05) is 15.6 Å². The van der Waals surface area contributed by atoms with Gasteiger partial charge in [0.05, 0.1) is 23.3 Å². The molecule has 0 radical (unpaired) electrons. The zero-order valence-corrected chi connectivity index (χ0v) is 16.1. The SMILES string of the molecule is O=C(Nc1ccccc1F)c1ccc(-n2nncc2-c2ccc(Br)cc2)cc1. The van der Waals surface area contributed by atoms with E-state index in [-0.39, 0.29) is 11.6 Å². The van der Waals surface area contributed by atoms with Gasteiger partial charge in [0.1, 0.15) is 5.82 Å². The van der Waals surface area contributed by atoms with E-state index in [1.54, 1.807) is 47.3 Å². The van der Waals surface area contributed by atoms with Gasteiger partial charge in [-0.3, -0.25) is 4.79 Å². The van der Waals surface area contributed by atoms with Gasteiger partial charge in [-0.15, -0.1) is 5.10 Å². The topological polar surface area (TPSA) is 59.8 Å². The third kappa shape index (κ3) is 3.70. The maximum atomic E-state index is 13.7. The first kappa shape index (κ1) is 18.1. The molecule has 138 valence electrons. The number of carbonyl (C=O) groups excluding carboxylic acids is 1. The lowest BCUT2D eigenvalue weighted by atomic mass is 10.1. The van der Waals surface area contributed by atoms with Crippen molar-refractivity contribution in [3.05, 3.63) is 94.8 Å². The summed E-state index contributed by atoms with van der Waals surface area (Å²) in [5.74, 6) is -0.863. The molecule has 1 heterocycles. The largest absolute Gasteiger partial charge is 0.319 e. The molecule has 4 rings (SSSR count). The van der Waals surface area contributed by atoms with Gasteiger partial charge in [0.2, 0.25) is 0 Å². The molecule has 4 aromatic rings. The first-order valence-electron chi connectivity index (χ1n) is 8.45. The highest BCUT2D eigenvalue weighted by Crippen LogP contribution is 2.23. The average molecular weight is 437 g/mol. The Kier molecular flexibility index (Phi) is 4.99. The Bertz CT molecular complexity index is 1120. The van der Waals surface area contributed by atoms with Crippen molar-refractivity contribution >= 4 is 27.5 Å². The molecule has 0 unspecified atom stereocenters. The number of benzene rings is 3. The monoisotopic (exact) mass is 436 g/mol. The van der Waals surface area contributed by atoms with Gasteiger partial charge in [-0.25, -0.2) is 9.07 Å². The minimum Gasteiger partial charge on any atom is -0.319 e. The van der Waals surface area contributed by atoms with Crippen molar-refractivity contribution < 1.29 is 9.18 Å². The number of rotatable bonds is 4. The molecule has 5 nitrogen and oxygen atoms in total. The molecular formula is C21H14BrFN4O. The zero-order chi connectivity index (χ0) is 19.5. The zero-order valence-electron chi connectivity index (χ0n) is 14.5. The number of halogens is 2. The normalized spacial score (nSPS) is 10.6. The number of para-hydroxylation sites is 1. The molecule has 0 aliphatic heterocycles. The van der Waals surface area contributed by atoms with Crippen molar-refractivity contribution in [1.29, 1.82) is 0 Å². The van der Waals surface area contributed by atoms with Gasteiger partial charge in [-0.2, -0.15) is 0 Å². The molecule has 28 heavy (non-hydrogen) atoms. The molecule has 0 atom stereocenters. The van der Waals surface area contributed by atoms with Gasteiger partial charge in [-0.05, 0) is 48.5 Å². The Morgan fingerprint density at radius 3 is 2.39 bits per heavy atom.